The summed E-state index contributed by atoms with van der Waals surface area (Å²) in [5.41, 5.74) is 3.61. The zero-order chi connectivity index (χ0) is 17.7. The van der Waals surface area contributed by atoms with Gasteiger partial charge in [-0.05, 0) is 63.3 Å². The quantitative estimate of drug-likeness (QED) is 0.787. The minimum absolute atomic E-state index is 0.0410. The molecular formula is C19H30N2O3. The number of urea groups is 1. The van der Waals surface area contributed by atoms with Gasteiger partial charge in [0, 0.05) is 25.6 Å². The molecule has 0 saturated carbocycles. The Kier molecular flexibility index (Phi) is 6.49. The Bertz CT molecular complexity index is 572. The molecule has 2 N–H and O–H groups in total. The van der Waals surface area contributed by atoms with Gasteiger partial charge in [-0.1, -0.05) is 6.07 Å². The molecule has 0 radical (unpaired) electrons. The summed E-state index contributed by atoms with van der Waals surface area (Å²) in [6.45, 7) is 10.6. The average Bonchev–Trinajstić information content (AvgIpc) is 3.01. The monoisotopic (exact) mass is 334 g/mol. The van der Waals surface area contributed by atoms with Gasteiger partial charge in [-0.3, -0.25) is 0 Å². The van der Waals surface area contributed by atoms with Crippen molar-refractivity contribution in [1.29, 1.82) is 0 Å². The van der Waals surface area contributed by atoms with E-state index in [4.69, 9.17) is 4.74 Å². The summed E-state index contributed by atoms with van der Waals surface area (Å²) in [6, 6.07) is 4.17. The minimum atomic E-state index is -0.350. The lowest BCUT2D eigenvalue weighted by molar-refractivity contribution is 0.129. The first-order valence-electron chi connectivity index (χ1n) is 8.80. The summed E-state index contributed by atoms with van der Waals surface area (Å²) in [5.74, 6) is 1.13. The van der Waals surface area contributed by atoms with Gasteiger partial charge in [-0.25, -0.2) is 4.79 Å². The van der Waals surface area contributed by atoms with Crippen molar-refractivity contribution in [3.63, 3.8) is 0 Å². The third-order valence-corrected chi connectivity index (χ3v) is 4.81. The number of hydrogen-bond donors (Lipinski definition) is 2. The van der Waals surface area contributed by atoms with E-state index >= 15 is 0 Å². The summed E-state index contributed by atoms with van der Waals surface area (Å²) in [6.07, 6.45) is 1.30. The largest absolute Gasteiger partial charge is 0.493 e. The van der Waals surface area contributed by atoms with Crippen LogP contribution in [0.4, 0.5) is 4.79 Å². The molecule has 5 heteroatoms. The van der Waals surface area contributed by atoms with Gasteiger partial charge in [-0.15, -0.1) is 0 Å². The molecule has 24 heavy (non-hydrogen) atoms. The van der Waals surface area contributed by atoms with Gasteiger partial charge in [0.1, 0.15) is 5.75 Å². The normalized spacial score (nSPS) is 18.5. The van der Waals surface area contributed by atoms with Crippen molar-refractivity contribution in [2.24, 2.45) is 5.92 Å². The van der Waals surface area contributed by atoms with Crippen LogP contribution in [0.15, 0.2) is 12.1 Å². The van der Waals surface area contributed by atoms with Gasteiger partial charge in [0.05, 0.1) is 12.7 Å². The van der Waals surface area contributed by atoms with Crippen molar-refractivity contribution in [3.8, 4) is 5.75 Å². The topological polar surface area (TPSA) is 61.8 Å². The smallest absolute Gasteiger partial charge is 0.317 e. The van der Waals surface area contributed by atoms with E-state index in [0.29, 0.717) is 19.7 Å². The van der Waals surface area contributed by atoms with Crippen molar-refractivity contribution in [3.05, 3.63) is 28.8 Å². The Morgan fingerprint density at radius 3 is 2.83 bits per heavy atom. The Morgan fingerprint density at radius 2 is 2.17 bits per heavy atom. The third kappa shape index (κ3) is 4.87. The Labute approximate surface area is 145 Å². The molecule has 0 bridgehead atoms. The lowest BCUT2D eigenvalue weighted by atomic mass is 10.0. The van der Waals surface area contributed by atoms with Crippen molar-refractivity contribution in [1.82, 2.24) is 10.2 Å². The van der Waals surface area contributed by atoms with E-state index in [0.717, 1.165) is 25.1 Å². The van der Waals surface area contributed by atoms with Gasteiger partial charge in [0.2, 0.25) is 0 Å². The molecule has 1 aliphatic heterocycles. The molecule has 1 heterocycles. The Morgan fingerprint density at radius 1 is 1.42 bits per heavy atom. The number of carbonyl (C=O) groups excluding carboxylic acids is 1. The highest BCUT2D eigenvalue weighted by Crippen LogP contribution is 2.23. The minimum Gasteiger partial charge on any atom is -0.493 e. The Hall–Kier alpha value is -1.75. The van der Waals surface area contributed by atoms with Gasteiger partial charge in [0.25, 0.3) is 0 Å². The van der Waals surface area contributed by atoms with E-state index < -0.39 is 0 Å². The van der Waals surface area contributed by atoms with E-state index in [9.17, 15) is 9.90 Å². The van der Waals surface area contributed by atoms with Gasteiger partial charge in [0.15, 0.2) is 0 Å². The average molecular weight is 334 g/mol. The molecule has 0 aliphatic carbocycles. The van der Waals surface area contributed by atoms with Crippen LogP contribution >= 0.6 is 0 Å². The van der Waals surface area contributed by atoms with Crippen molar-refractivity contribution < 1.29 is 14.6 Å². The third-order valence-electron chi connectivity index (χ3n) is 4.81. The number of amides is 2. The van der Waals surface area contributed by atoms with E-state index in [-0.39, 0.29) is 18.1 Å². The molecule has 2 unspecified atom stereocenters. The first-order chi connectivity index (χ1) is 11.4. The highest BCUT2D eigenvalue weighted by atomic mass is 16.5. The molecule has 134 valence electrons. The SMILES string of the molecule is Cc1cc(C)c(C)c(OCCCNC(=O)N2CCC(C(C)O)C2)c1. The number of ether oxygens (including phenoxy) is 1. The number of aliphatic hydroxyl groups excluding tert-OH is 1. The molecule has 1 aromatic carbocycles. The Balaban J connectivity index is 1.68. The van der Waals surface area contributed by atoms with Crippen LogP contribution in [-0.4, -0.2) is 48.4 Å². The maximum Gasteiger partial charge on any atom is 0.317 e. The summed E-state index contributed by atoms with van der Waals surface area (Å²) in [7, 11) is 0. The second kappa shape index (κ2) is 8.38. The second-order valence-corrected chi connectivity index (χ2v) is 6.87. The summed E-state index contributed by atoms with van der Waals surface area (Å²) in [5, 5.41) is 12.5. The molecule has 2 amide bonds. The predicted octanol–water partition coefficient (Wildman–Crippen LogP) is 2.79. The van der Waals surface area contributed by atoms with Crippen LogP contribution in [0.2, 0.25) is 0 Å². The molecule has 2 rings (SSSR count). The zero-order valence-electron chi connectivity index (χ0n) is 15.3. The number of benzene rings is 1. The van der Waals surface area contributed by atoms with E-state index in [1.165, 1.54) is 16.7 Å². The van der Waals surface area contributed by atoms with Crippen LogP contribution < -0.4 is 10.1 Å². The van der Waals surface area contributed by atoms with Crippen LogP contribution in [-0.2, 0) is 0 Å². The molecule has 5 nitrogen and oxygen atoms in total. The highest BCUT2D eigenvalue weighted by Gasteiger charge is 2.28. The number of nitrogens with zero attached hydrogens (tertiary/aromatic N) is 1. The molecule has 0 aromatic heterocycles. The lowest BCUT2D eigenvalue weighted by Gasteiger charge is -2.18. The van der Waals surface area contributed by atoms with E-state index in [2.05, 4.69) is 38.2 Å². The molecule has 0 spiro atoms. The molecular weight excluding hydrogens is 304 g/mol. The summed E-state index contributed by atoms with van der Waals surface area (Å²) in [4.78, 5) is 13.9. The van der Waals surface area contributed by atoms with Gasteiger partial charge in [-0.2, -0.15) is 0 Å². The predicted molar refractivity (Wildman–Crippen MR) is 95.5 cm³/mol. The summed E-state index contributed by atoms with van der Waals surface area (Å²) >= 11 is 0. The first-order valence-corrected chi connectivity index (χ1v) is 8.80. The molecule has 1 aromatic rings. The first kappa shape index (κ1) is 18.6. The maximum absolute atomic E-state index is 12.1. The fourth-order valence-electron chi connectivity index (χ4n) is 3.08. The van der Waals surface area contributed by atoms with E-state index in [1.54, 1.807) is 11.8 Å². The van der Waals surface area contributed by atoms with Gasteiger partial charge >= 0.3 is 6.03 Å². The van der Waals surface area contributed by atoms with Crippen LogP contribution in [0.1, 0.15) is 36.5 Å². The van der Waals surface area contributed by atoms with Gasteiger partial charge < -0.3 is 20.1 Å². The van der Waals surface area contributed by atoms with Crippen molar-refractivity contribution in [2.75, 3.05) is 26.2 Å². The summed E-state index contributed by atoms with van der Waals surface area (Å²) < 4.78 is 5.86. The number of carbonyl (C=O) groups is 1. The molecule has 2 atom stereocenters. The number of hydrogen-bond acceptors (Lipinski definition) is 3. The second-order valence-electron chi connectivity index (χ2n) is 6.87. The van der Waals surface area contributed by atoms with Crippen LogP contribution in [0.5, 0.6) is 5.75 Å². The standard InChI is InChI=1S/C19H30N2O3/c1-13-10-14(2)15(3)18(11-13)24-9-5-7-20-19(23)21-8-6-17(12-21)16(4)22/h10-11,16-17,22H,5-9,12H2,1-4H3,(H,20,23). The fraction of sp³-hybridized carbons (Fsp3) is 0.632. The molecule has 1 saturated heterocycles. The number of likely N-dealkylation sites (tertiary alicyclic amines) is 1. The highest BCUT2D eigenvalue weighted by molar-refractivity contribution is 5.74. The number of aliphatic hydroxyl groups is 1. The van der Waals surface area contributed by atoms with Crippen LogP contribution in [0, 0.1) is 26.7 Å². The van der Waals surface area contributed by atoms with Crippen LogP contribution in [0.3, 0.4) is 0 Å². The fourth-order valence-corrected chi connectivity index (χ4v) is 3.08. The number of aryl methyl sites for hydroxylation is 2. The van der Waals surface area contributed by atoms with Crippen LogP contribution in [0.25, 0.3) is 0 Å². The molecule has 1 aliphatic rings. The number of nitrogens with one attached hydrogen (secondary N) is 1. The zero-order valence-corrected chi connectivity index (χ0v) is 15.3. The van der Waals surface area contributed by atoms with E-state index in [1.807, 2.05) is 0 Å². The van der Waals surface area contributed by atoms with Crippen molar-refractivity contribution in [2.45, 2.75) is 46.6 Å². The maximum atomic E-state index is 12.1. The number of rotatable bonds is 6. The lowest BCUT2D eigenvalue weighted by Crippen LogP contribution is -2.39. The van der Waals surface area contributed by atoms with Crippen molar-refractivity contribution >= 4 is 6.03 Å². The molecule has 1 fully saturated rings.